The van der Waals surface area contributed by atoms with Gasteiger partial charge in [0.15, 0.2) is 6.61 Å². The van der Waals surface area contributed by atoms with Crippen molar-refractivity contribution in [2.24, 2.45) is 0 Å². The van der Waals surface area contributed by atoms with Gasteiger partial charge in [0.2, 0.25) is 10.0 Å². The molecule has 38 heavy (non-hydrogen) atoms. The normalized spacial score (nSPS) is 14.6. The zero-order valence-electron chi connectivity index (χ0n) is 21.1. The number of carbonyl (C=O) groups is 1. The van der Waals surface area contributed by atoms with E-state index >= 15 is 0 Å². The van der Waals surface area contributed by atoms with E-state index in [0.29, 0.717) is 24.5 Å². The summed E-state index contributed by atoms with van der Waals surface area (Å²) in [6.45, 7) is 2.87. The van der Waals surface area contributed by atoms with Gasteiger partial charge in [0, 0.05) is 19.6 Å². The first-order chi connectivity index (χ1) is 18.1. The second-order valence-corrected chi connectivity index (χ2v) is 12.7. The fraction of sp³-hybridized carbons (Fsp3) is 0.296. The molecular formula is C27H31N3O6S2. The largest absolute Gasteiger partial charge is 0.484 e. The third-order valence-electron chi connectivity index (χ3n) is 6.26. The maximum atomic E-state index is 12.8. The van der Waals surface area contributed by atoms with Gasteiger partial charge in [-0.25, -0.2) is 16.8 Å². The number of nitrogens with one attached hydrogen (secondary N) is 2. The molecular weight excluding hydrogens is 526 g/mol. The molecule has 3 aromatic carbocycles. The lowest BCUT2D eigenvalue weighted by molar-refractivity contribution is -0.123. The van der Waals surface area contributed by atoms with E-state index in [1.807, 2.05) is 19.1 Å². The maximum absolute atomic E-state index is 12.8. The van der Waals surface area contributed by atoms with Gasteiger partial charge in [-0.2, -0.15) is 4.31 Å². The van der Waals surface area contributed by atoms with Crippen LogP contribution < -0.4 is 14.8 Å². The van der Waals surface area contributed by atoms with Crippen molar-refractivity contribution in [2.75, 3.05) is 24.4 Å². The Balaban J connectivity index is 1.26. The highest BCUT2D eigenvalue weighted by atomic mass is 32.2. The van der Waals surface area contributed by atoms with Crippen LogP contribution in [0.2, 0.25) is 0 Å². The van der Waals surface area contributed by atoms with Gasteiger partial charge in [-0.3, -0.25) is 9.52 Å². The van der Waals surface area contributed by atoms with Crippen LogP contribution in [0.4, 0.5) is 5.69 Å². The number of piperidine rings is 1. The van der Waals surface area contributed by atoms with Crippen LogP contribution in [-0.4, -0.2) is 46.7 Å². The lowest BCUT2D eigenvalue weighted by Crippen LogP contribution is -2.35. The highest BCUT2D eigenvalue weighted by molar-refractivity contribution is 7.92. The number of anilines is 1. The average molecular weight is 558 g/mol. The molecule has 4 rings (SSSR count). The van der Waals surface area contributed by atoms with Crippen LogP contribution in [0.5, 0.6) is 5.75 Å². The van der Waals surface area contributed by atoms with E-state index in [1.54, 1.807) is 36.4 Å². The summed E-state index contributed by atoms with van der Waals surface area (Å²) in [6.07, 6.45) is 2.80. The van der Waals surface area contributed by atoms with Crippen molar-refractivity contribution in [3.05, 3.63) is 83.9 Å². The Morgan fingerprint density at radius 2 is 1.47 bits per heavy atom. The predicted molar refractivity (Wildman–Crippen MR) is 145 cm³/mol. The molecule has 1 aliphatic rings. The van der Waals surface area contributed by atoms with E-state index in [0.717, 1.165) is 30.4 Å². The van der Waals surface area contributed by atoms with E-state index in [-0.39, 0.29) is 28.8 Å². The zero-order valence-corrected chi connectivity index (χ0v) is 22.7. The summed E-state index contributed by atoms with van der Waals surface area (Å²) >= 11 is 0. The molecule has 11 heteroatoms. The number of rotatable bonds is 10. The van der Waals surface area contributed by atoms with E-state index in [2.05, 4.69) is 10.0 Å². The summed E-state index contributed by atoms with van der Waals surface area (Å²) in [5.41, 5.74) is 2.06. The summed E-state index contributed by atoms with van der Waals surface area (Å²) in [6, 6.07) is 19.4. The van der Waals surface area contributed by atoms with Gasteiger partial charge >= 0.3 is 0 Å². The third kappa shape index (κ3) is 6.91. The van der Waals surface area contributed by atoms with Crippen LogP contribution in [0, 0.1) is 6.92 Å². The number of ether oxygens (including phenoxy) is 1. The van der Waals surface area contributed by atoms with Crippen molar-refractivity contribution in [3.8, 4) is 5.75 Å². The molecule has 1 saturated heterocycles. The number of sulfonamides is 2. The molecule has 202 valence electrons. The summed E-state index contributed by atoms with van der Waals surface area (Å²) < 4.78 is 60.4. The SMILES string of the molecule is Cc1ccccc1NS(=O)(=O)c1ccc(OCC(=O)NCc2ccc(S(=O)(=O)N3CCCCC3)cc2)cc1. The van der Waals surface area contributed by atoms with Gasteiger partial charge in [0.25, 0.3) is 15.9 Å². The van der Waals surface area contributed by atoms with Gasteiger partial charge in [0.05, 0.1) is 15.5 Å². The van der Waals surface area contributed by atoms with Gasteiger partial charge in [0.1, 0.15) is 5.75 Å². The number of amides is 1. The molecule has 3 aromatic rings. The lowest BCUT2D eigenvalue weighted by atomic mass is 10.2. The topological polar surface area (TPSA) is 122 Å². The van der Waals surface area contributed by atoms with Crippen LogP contribution in [0.3, 0.4) is 0 Å². The molecule has 0 saturated carbocycles. The first-order valence-corrected chi connectivity index (χ1v) is 15.2. The predicted octanol–water partition coefficient (Wildman–Crippen LogP) is 3.67. The molecule has 1 amide bonds. The van der Waals surface area contributed by atoms with Gasteiger partial charge in [-0.05, 0) is 73.4 Å². The van der Waals surface area contributed by atoms with Gasteiger partial charge < -0.3 is 10.1 Å². The number of hydrogen-bond donors (Lipinski definition) is 2. The number of hydrogen-bond acceptors (Lipinski definition) is 6. The Bertz CT molecular complexity index is 1470. The van der Waals surface area contributed by atoms with Gasteiger partial charge in [-0.15, -0.1) is 0 Å². The molecule has 0 aliphatic carbocycles. The third-order valence-corrected chi connectivity index (χ3v) is 9.55. The van der Waals surface area contributed by atoms with Crippen molar-refractivity contribution in [3.63, 3.8) is 0 Å². The number of para-hydroxylation sites is 1. The highest BCUT2D eigenvalue weighted by Crippen LogP contribution is 2.22. The van der Waals surface area contributed by atoms with Crippen LogP contribution in [0.25, 0.3) is 0 Å². The highest BCUT2D eigenvalue weighted by Gasteiger charge is 2.25. The van der Waals surface area contributed by atoms with Crippen molar-refractivity contribution < 1.29 is 26.4 Å². The summed E-state index contributed by atoms with van der Waals surface area (Å²) in [7, 11) is -7.26. The molecule has 0 radical (unpaired) electrons. The first-order valence-electron chi connectivity index (χ1n) is 12.3. The first kappa shape index (κ1) is 27.6. The molecule has 0 atom stereocenters. The molecule has 0 unspecified atom stereocenters. The molecule has 0 spiro atoms. The Morgan fingerprint density at radius 3 is 2.13 bits per heavy atom. The van der Waals surface area contributed by atoms with Crippen LogP contribution in [0.15, 0.2) is 82.6 Å². The molecule has 2 N–H and O–H groups in total. The minimum Gasteiger partial charge on any atom is -0.484 e. The Kier molecular flexibility index (Phi) is 8.70. The molecule has 0 aromatic heterocycles. The lowest BCUT2D eigenvalue weighted by Gasteiger charge is -2.25. The molecule has 9 nitrogen and oxygen atoms in total. The Morgan fingerprint density at radius 1 is 0.842 bits per heavy atom. The van der Waals surface area contributed by atoms with Crippen LogP contribution >= 0.6 is 0 Å². The Labute approximate surface area is 223 Å². The fourth-order valence-corrected chi connectivity index (χ4v) is 6.69. The number of carbonyl (C=O) groups excluding carboxylic acids is 1. The van der Waals surface area contributed by atoms with Gasteiger partial charge in [-0.1, -0.05) is 36.8 Å². The second-order valence-electron chi connectivity index (χ2n) is 9.07. The molecule has 1 heterocycles. The van der Waals surface area contributed by atoms with E-state index in [1.165, 1.54) is 28.6 Å². The van der Waals surface area contributed by atoms with Crippen molar-refractivity contribution in [1.82, 2.24) is 9.62 Å². The molecule has 0 bridgehead atoms. The number of aryl methyl sites for hydroxylation is 1. The van der Waals surface area contributed by atoms with Crippen LogP contribution in [0.1, 0.15) is 30.4 Å². The monoisotopic (exact) mass is 557 g/mol. The molecule has 1 aliphatic heterocycles. The van der Waals surface area contributed by atoms with Crippen molar-refractivity contribution in [1.29, 1.82) is 0 Å². The Hall–Kier alpha value is -3.41. The van der Waals surface area contributed by atoms with E-state index in [4.69, 9.17) is 4.74 Å². The fourth-order valence-electron chi connectivity index (χ4n) is 4.04. The minimum atomic E-state index is -3.77. The van der Waals surface area contributed by atoms with Crippen molar-refractivity contribution >= 4 is 31.6 Å². The number of benzene rings is 3. The molecule has 1 fully saturated rings. The van der Waals surface area contributed by atoms with Crippen molar-refractivity contribution in [2.45, 2.75) is 42.5 Å². The summed E-state index contributed by atoms with van der Waals surface area (Å²) in [4.78, 5) is 12.6. The maximum Gasteiger partial charge on any atom is 0.261 e. The summed E-state index contributed by atoms with van der Waals surface area (Å²) in [5.74, 6) is -0.0183. The quantitative estimate of drug-likeness (QED) is 0.392. The zero-order chi connectivity index (χ0) is 27.2. The number of nitrogens with zero attached hydrogens (tertiary/aromatic N) is 1. The van der Waals surface area contributed by atoms with E-state index in [9.17, 15) is 21.6 Å². The minimum absolute atomic E-state index is 0.0725. The van der Waals surface area contributed by atoms with E-state index < -0.39 is 20.0 Å². The van der Waals surface area contributed by atoms with Crippen LogP contribution in [-0.2, 0) is 31.4 Å². The summed E-state index contributed by atoms with van der Waals surface area (Å²) in [5, 5.41) is 2.73. The second kappa shape index (κ2) is 12.0. The standard InChI is InChI=1S/C27H31N3O6S2/c1-21-7-3-4-8-26(21)29-37(32,33)24-15-11-23(12-16-24)36-20-27(31)28-19-22-9-13-25(14-10-22)38(34,35)30-17-5-2-6-18-30/h3-4,7-16,29H,2,5-6,17-20H2,1H3,(H,28,31). The average Bonchev–Trinajstić information content (AvgIpc) is 2.93. The smallest absolute Gasteiger partial charge is 0.261 e.